The molecule has 0 saturated carbocycles. The summed E-state index contributed by atoms with van der Waals surface area (Å²) in [5.74, 6) is 0.573. The molecule has 1 atom stereocenters. The Balaban J connectivity index is 0.000000366. The average molecular weight is 735 g/mol. The van der Waals surface area contributed by atoms with Gasteiger partial charge in [-0.2, -0.15) is 11.6 Å². The van der Waals surface area contributed by atoms with Gasteiger partial charge in [-0.25, -0.2) is 5.57 Å². The Morgan fingerprint density at radius 3 is 1.52 bits per heavy atom. The largest absolute Gasteiger partial charge is 1.00 e. The molecule has 1 unspecified atom stereocenters. The number of hydrogen-bond donors (Lipinski definition) is 0. The van der Waals surface area contributed by atoms with Gasteiger partial charge >= 0.3 is 76.7 Å². The Morgan fingerprint density at radius 2 is 1.17 bits per heavy atom. The normalized spacial score (nSPS) is 14.6. The summed E-state index contributed by atoms with van der Waals surface area (Å²) in [6.45, 7) is 27.2. The molecule has 0 saturated heterocycles. The van der Waals surface area contributed by atoms with E-state index in [1.807, 2.05) is 0 Å². The van der Waals surface area contributed by atoms with Crippen LogP contribution in [0.3, 0.4) is 0 Å². The molecule has 1 aliphatic carbocycles. The Bertz CT molecular complexity index is 1540. The van der Waals surface area contributed by atoms with Crippen LogP contribution in [0.2, 0.25) is 0 Å². The van der Waals surface area contributed by atoms with Crippen molar-refractivity contribution in [3.8, 4) is 0 Å². The van der Waals surface area contributed by atoms with Crippen molar-refractivity contribution < 1.29 is 49.0 Å². The predicted octanol–water partition coefficient (Wildman–Crippen LogP) is 6.62. The van der Waals surface area contributed by atoms with Crippen LogP contribution < -0.4 is 24.8 Å². The summed E-state index contributed by atoms with van der Waals surface area (Å²) in [5, 5.41) is 5.49. The van der Waals surface area contributed by atoms with Crippen LogP contribution in [0.25, 0.3) is 21.5 Å². The zero-order chi connectivity index (χ0) is 32.9. The minimum atomic E-state index is 0. The molecule has 0 aliphatic heterocycles. The van der Waals surface area contributed by atoms with Gasteiger partial charge < -0.3 is 24.8 Å². The fraction of sp³-hybridized carbons (Fsp3) is 0.442. The molecule has 0 N–H and O–H groups in total. The van der Waals surface area contributed by atoms with E-state index in [1.165, 1.54) is 86.5 Å². The molecule has 0 fully saturated rings. The zero-order valence-corrected chi connectivity index (χ0v) is 34.4. The van der Waals surface area contributed by atoms with Gasteiger partial charge in [0.05, 0.1) is 0 Å². The molecule has 0 spiro atoms. The number of fused-ring (bicyclic) bond motifs is 3. The molecule has 4 aromatic carbocycles. The fourth-order valence-corrected chi connectivity index (χ4v) is 6.04. The van der Waals surface area contributed by atoms with E-state index in [4.69, 9.17) is 0 Å². The molecule has 4 aromatic rings. The third-order valence-corrected chi connectivity index (χ3v) is 10.1. The van der Waals surface area contributed by atoms with Crippen molar-refractivity contribution in [2.45, 2.75) is 113 Å². The fourth-order valence-electron chi connectivity index (χ4n) is 5.63. The minimum Gasteiger partial charge on any atom is -1.00 e. The SMILES string of the molecule is CC(C)(C)c1ccc2[cH-]c3ccc(C(C)(C)C)cc3c2c1.CCC1=[C-]C(CC)C=C1C(C)(C)C.CC[C](=[Zr+2])c1ccccc1.[Cl-].[Cl-]. The van der Waals surface area contributed by atoms with Gasteiger partial charge in [-0.1, -0.05) is 136 Å². The number of benzene rings is 3. The van der Waals surface area contributed by atoms with Crippen LogP contribution in [0.4, 0.5) is 0 Å². The van der Waals surface area contributed by atoms with Crippen molar-refractivity contribution >= 4 is 24.8 Å². The second-order valence-corrected chi connectivity index (χ2v) is 16.8. The van der Waals surface area contributed by atoms with Gasteiger partial charge in [0, 0.05) is 0 Å². The standard InChI is InChI=1S/C21H25.C13H21.C9H10.2ClH.Zr/c1-20(2,3)16-9-7-14-11-15-8-10-17(21(4,5)6)13-19(15)18(14)12-16;1-6-10-8-11(7-2)12(9-10)13(3,4)5;1-2-6-9-7-4-3-5-8-9;;;/h7-13H,1-6H3;9-10H,6-7H2,1-5H3;3-5,7-8H,2H2,1H3;2*1H;/q2*-1;;;;+2/p-2. The topological polar surface area (TPSA) is 0 Å². The van der Waals surface area contributed by atoms with Crippen LogP contribution in [0.5, 0.6) is 0 Å². The van der Waals surface area contributed by atoms with Gasteiger partial charge in [0.1, 0.15) is 0 Å². The van der Waals surface area contributed by atoms with Crippen molar-refractivity contribution in [1.29, 1.82) is 0 Å². The van der Waals surface area contributed by atoms with Crippen molar-refractivity contribution in [2.24, 2.45) is 11.3 Å². The molecular weight excluding hydrogens is 679 g/mol. The first-order chi connectivity index (χ1) is 20.5. The Labute approximate surface area is 309 Å². The molecule has 0 amide bonds. The first-order valence-corrected chi connectivity index (χ1v) is 17.8. The van der Waals surface area contributed by atoms with E-state index in [-0.39, 0.29) is 35.6 Å². The van der Waals surface area contributed by atoms with Gasteiger partial charge in [0.25, 0.3) is 0 Å². The van der Waals surface area contributed by atoms with E-state index in [2.05, 4.69) is 168 Å². The first-order valence-electron chi connectivity index (χ1n) is 16.6. The average Bonchev–Trinajstić information content (AvgIpc) is 3.58. The van der Waals surface area contributed by atoms with Gasteiger partial charge in [-0.05, 0) is 10.8 Å². The number of hydrogen-bond acceptors (Lipinski definition) is 0. The molecular formula is C43H56Cl2Zr-2. The van der Waals surface area contributed by atoms with E-state index >= 15 is 0 Å². The second kappa shape index (κ2) is 17.7. The maximum absolute atomic E-state index is 3.57. The molecule has 1 aliphatic rings. The third kappa shape index (κ3) is 11.2. The van der Waals surface area contributed by atoms with Crippen LogP contribution in [0.1, 0.15) is 119 Å². The molecule has 0 nitrogen and oxygen atoms in total. The predicted molar refractivity (Wildman–Crippen MR) is 194 cm³/mol. The molecule has 248 valence electrons. The van der Waals surface area contributed by atoms with Crippen molar-refractivity contribution in [3.05, 3.63) is 113 Å². The third-order valence-electron chi connectivity index (χ3n) is 8.57. The Morgan fingerprint density at radius 1 is 0.696 bits per heavy atom. The summed E-state index contributed by atoms with van der Waals surface area (Å²) in [4.78, 5) is 0. The molecule has 0 aromatic heterocycles. The number of halogens is 2. The van der Waals surface area contributed by atoms with Gasteiger partial charge in [-0.15, -0.1) is 39.7 Å². The van der Waals surface area contributed by atoms with Gasteiger partial charge in [0.2, 0.25) is 0 Å². The molecule has 3 heteroatoms. The minimum absolute atomic E-state index is 0. The van der Waals surface area contributed by atoms with Gasteiger partial charge in [0.15, 0.2) is 0 Å². The van der Waals surface area contributed by atoms with E-state index in [1.54, 1.807) is 3.21 Å². The molecule has 46 heavy (non-hydrogen) atoms. The van der Waals surface area contributed by atoms with Crippen LogP contribution >= 0.6 is 0 Å². The molecule has 0 radical (unpaired) electrons. The summed E-state index contributed by atoms with van der Waals surface area (Å²) in [6, 6.07) is 26.7. The first kappa shape index (κ1) is 42.4. The van der Waals surface area contributed by atoms with Crippen molar-refractivity contribution in [3.63, 3.8) is 0 Å². The zero-order valence-electron chi connectivity index (χ0n) is 30.5. The van der Waals surface area contributed by atoms with Crippen molar-refractivity contribution in [2.75, 3.05) is 0 Å². The quantitative estimate of drug-likeness (QED) is 0.207. The monoisotopic (exact) mass is 732 g/mol. The molecule has 0 heterocycles. The van der Waals surface area contributed by atoms with E-state index in [0.29, 0.717) is 11.3 Å². The summed E-state index contributed by atoms with van der Waals surface area (Å²) in [5.41, 5.74) is 7.86. The number of rotatable bonds is 4. The molecule has 0 bridgehead atoms. The maximum atomic E-state index is 3.57. The van der Waals surface area contributed by atoms with Crippen molar-refractivity contribution in [1.82, 2.24) is 0 Å². The summed E-state index contributed by atoms with van der Waals surface area (Å²) in [6.07, 6.45) is 9.46. The summed E-state index contributed by atoms with van der Waals surface area (Å²) in [7, 11) is 0. The smallest absolute Gasteiger partial charge is 1.00 e. The Hall–Kier alpha value is -1.66. The van der Waals surface area contributed by atoms with Crippen LogP contribution in [-0.4, -0.2) is 3.21 Å². The van der Waals surface area contributed by atoms with Crippen LogP contribution in [0.15, 0.2) is 90.0 Å². The summed E-state index contributed by atoms with van der Waals surface area (Å²) >= 11 is 1.54. The van der Waals surface area contributed by atoms with E-state index in [9.17, 15) is 0 Å². The second-order valence-electron chi connectivity index (χ2n) is 15.3. The maximum Gasteiger partial charge on any atom is -1.00 e. The van der Waals surface area contributed by atoms with Gasteiger partial charge in [-0.3, -0.25) is 6.08 Å². The van der Waals surface area contributed by atoms with Crippen LogP contribution in [0, 0.1) is 17.4 Å². The molecule has 5 rings (SSSR count). The summed E-state index contributed by atoms with van der Waals surface area (Å²) < 4.78 is 1.55. The number of allylic oxidation sites excluding steroid dienone is 4. The van der Waals surface area contributed by atoms with E-state index in [0.717, 1.165) is 6.42 Å². The van der Waals surface area contributed by atoms with Crippen LogP contribution in [-0.2, 0) is 35.1 Å². The Kier molecular flexibility index (Phi) is 16.3. The van der Waals surface area contributed by atoms with E-state index < -0.39 is 0 Å².